The molecule has 0 spiro atoms. The van der Waals surface area contributed by atoms with Crippen LogP contribution in [0.15, 0.2) is 4.99 Å². The molecular formula is C13H26N4OS. The van der Waals surface area contributed by atoms with Crippen LogP contribution >= 0.6 is 11.8 Å². The summed E-state index contributed by atoms with van der Waals surface area (Å²) in [5, 5.41) is 9.34. The molecule has 0 aromatic heterocycles. The molecule has 110 valence electrons. The van der Waals surface area contributed by atoms with Crippen molar-refractivity contribution >= 4 is 23.6 Å². The van der Waals surface area contributed by atoms with E-state index < -0.39 is 0 Å². The van der Waals surface area contributed by atoms with Crippen molar-refractivity contribution < 1.29 is 4.79 Å². The lowest BCUT2D eigenvalue weighted by Crippen LogP contribution is -2.39. The zero-order chi connectivity index (χ0) is 13.9. The van der Waals surface area contributed by atoms with E-state index >= 15 is 0 Å². The van der Waals surface area contributed by atoms with Gasteiger partial charge in [-0.15, -0.1) is 0 Å². The number of carbonyl (C=O) groups excluding carboxylic acids is 1. The molecule has 1 fully saturated rings. The number of aliphatic imine (C=N–C) groups is 1. The van der Waals surface area contributed by atoms with Gasteiger partial charge in [0.05, 0.1) is 0 Å². The average molecular weight is 286 g/mol. The summed E-state index contributed by atoms with van der Waals surface area (Å²) in [5.41, 5.74) is 0. The second-order valence-electron chi connectivity index (χ2n) is 4.66. The van der Waals surface area contributed by atoms with Gasteiger partial charge in [0.2, 0.25) is 5.91 Å². The number of carbonyl (C=O) groups is 1. The molecule has 0 aliphatic heterocycles. The lowest BCUT2D eigenvalue weighted by molar-refractivity contribution is -0.119. The third kappa shape index (κ3) is 8.75. The highest BCUT2D eigenvalue weighted by Crippen LogP contribution is 2.18. The van der Waals surface area contributed by atoms with E-state index in [-0.39, 0.29) is 12.5 Å². The summed E-state index contributed by atoms with van der Waals surface area (Å²) < 4.78 is 0. The third-order valence-electron chi connectivity index (χ3n) is 2.74. The largest absolute Gasteiger partial charge is 0.357 e. The molecule has 0 radical (unpaired) electrons. The zero-order valence-electron chi connectivity index (χ0n) is 12.0. The normalized spacial score (nSPS) is 15.2. The number of nitrogens with zero attached hydrogens (tertiary/aromatic N) is 1. The monoisotopic (exact) mass is 286 g/mol. The Bertz CT molecular complexity index is 292. The molecule has 0 atom stereocenters. The highest BCUT2D eigenvalue weighted by molar-refractivity contribution is 7.98. The van der Waals surface area contributed by atoms with Crippen LogP contribution in [-0.2, 0) is 4.79 Å². The minimum absolute atomic E-state index is 0.0158. The molecule has 19 heavy (non-hydrogen) atoms. The molecule has 0 bridgehead atoms. The van der Waals surface area contributed by atoms with Crippen LogP contribution in [0, 0.1) is 0 Å². The van der Waals surface area contributed by atoms with Crippen LogP contribution in [0.1, 0.15) is 32.6 Å². The van der Waals surface area contributed by atoms with E-state index in [2.05, 4.69) is 27.2 Å². The number of hydrogen-bond acceptors (Lipinski definition) is 3. The van der Waals surface area contributed by atoms with Gasteiger partial charge in [0.1, 0.15) is 6.54 Å². The van der Waals surface area contributed by atoms with Crippen molar-refractivity contribution in [1.29, 1.82) is 0 Å². The molecule has 1 saturated carbocycles. The standard InChI is InChI=1S/C13H26N4OS/c1-3-14-13(15-8-4-5-9-19-2)16-10-12(18)17-11-6-7-11/h11H,3-10H2,1-2H3,(H,17,18)(H2,14,15,16). The molecule has 5 nitrogen and oxygen atoms in total. The molecule has 6 heteroatoms. The SMILES string of the molecule is CCNC(=NCC(=O)NC1CC1)NCCCCSC. The van der Waals surface area contributed by atoms with Crippen molar-refractivity contribution in [3.8, 4) is 0 Å². The summed E-state index contributed by atoms with van der Waals surface area (Å²) in [5.74, 6) is 1.94. The Morgan fingerprint density at radius 2 is 2.11 bits per heavy atom. The van der Waals surface area contributed by atoms with Gasteiger partial charge in [0.25, 0.3) is 0 Å². The van der Waals surface area contributed by atoms with Crippen LogP contribution in [0.25, 0.3) is 0 Å². The summed E-state index contributed by atoms with van der Waals surface area (Å²) in [4.78, 5) is 15.8. The Hall–Kier alpha value is -0.910. The van der Waals surface area contributed by atoms with Crippen LogP contribution in [0.2, 0.25) is 0 Å². The second-order valence-corrected chi connectivity index (χ2v) is 5.65. The maximum absolute atomic E-state index is 11.5. The second kappa shape index (κ2) is 9.95. The van der Waals surface area contributed by atoms with Crippen molar-refractivity contribution in [1.82, 2.24) is 16.0 Å². The number of hydrogen-bond donors (Lipinski definition) is 3. The highest BCUT2D eigenvalue weighted by atomic mass is 32.2. The van der Waals surface area contributed by atoms with E-state index in [0.717, 1.165) is 38.3 Å². The van der Waals surface area contributed by atoms with Crippen molar-refractivity contribution in [3.63, 3.8) is 0 Å². The Morgan fingerprint density at radius 3 is 2.74 bits per heavy atom. The van der Waals surface area contributed by atoms with Crippen LogP contribution in [0.4, 0.5) is 0 Å². The first-order valence-corrected chi connectivity index (χ1v) is 8.46. The molecule has 0 unspecified atom stereocenters. The number of nitrogens with one attached hydrogen (secondary N) is 3. The molecule has 1 amide bonds. The predicted octanol–water partition coefficient (Wildman–Crippen LogP) is 0.963. The molecule has 0 saturated heterocycles. The third-order valence-corrected chi connectivity index (χ3v) is 3.43. The van der Waals surface area contributed by atoms with Gasteiger partial charge < -0.3 is 16.0 Å². The molecule has 3 N–H and O–H groups in total. The Balaban J connectivity index is 2.18. The Kier molecular flexibility index (Phi) is 8.45. The fourth-order valence-corrected chi connectivity index (χ4v) is 2.06. The zero-order valence-corrected chi connectivity index (χ0v) is 12.8. The molecule has 0 aromatic rings. The molecule has 0 aromatic carbocycles. The average Bonchev–Trinajstić information content (AvgIpc) is 3.19. The van der Waals surface area contributed by atoms with Crippen molar-refractivity contribution in [3.05, 3.63) is 0 Å². The summed E-state index contributed by atoms with van der Waals surface area (Å²) in [6, 6.07) is 0.407. The topological polar surface area (TPSA) is 65.5 Å². The number of thioether (sulfide) groups is 1. The van der Waals surface area contributed by atoms with Crippen LogP contribution < -0.4 is 16.0 Å². The molecule has 1 aliphatic carbocycles. The minimum atomic E-state index is 0.0158. The van der Waals surface area contributed by atoms with Gasteiger partial charge >= 0.3 is 0 Å². The maximum Gasteiger partial charge on any atom is 0.242 e. The number of amides is 1. The highest BCUT2D eigenvalue weighted by Gasteiger charge is 2.22. The van der Waals surface area contributed by atoms with Crippen molar-refractivity contribution in [2.75, 3.05) is 31.6 Å². The fraction of sp³-hybridized carbons (Fsp3) is 0.846. The first-order valence-electron chi connectivity index (χ1n) is 7.06. The first-order chi connectivity index (χ1) is 9.26. The van der Waals surface area contributed by atoms with Crippen LogP contribution in [-0.4, -0.2) is 49.6 Å². The lowest BCUT2D eigenvalue weighted by Gasteiger charge is -2.11. The van der Waals surface area contributed by atoms with Gasteiger partial charge in [-0.05, 0) is 44.6 Å². The summed E-state index contributed by atoms with van der Waals surface area (Å²) >= 11 is 1.87. The smallest absolute Gasteiger partial charge is 0.242 e. The van der Waals surface area contributed by atoms with Gasteiger partial charge in [-0.25, -0.2) is 4.99 Å². The minimum Gasteiger partial charge on any atom is -0.357 e. The van der Waals surface area contributed by atoms with Gasteiger partial charge in [-0.1, -0.05) is 0 Å². The van der Waals surface area contributed by atoms with E-state index in [9.17, 15) is 4.79 Å². The van der Waals surface area contributed by atoms with E-state index in [1.54, 1.807) is 0 Å². The molecular weight excluding hydrogens is 260 g/mol. The van der Waals surface area contributed by atoms with Crippen LogP contribution in [0.3, 0.4) is 0 Å². The Morgan fingerprint density at radius 1 is 1.32 bits per heavy atom. The van der Waals surface area contributed by atoms with E-state index in [1.807, 2.05) is 18.7 Å². The number of unbranched alkanes of at least 4 members (excludes halogenated alkanes) is 1. The van der Waals surface area contributed by atoms with Crippen molar-refractivity contribution in [2.45, 2.75) is 38.6 Å². The van der Waals surface area contributed by atoms with E-state index in [1.165, 1.54) is 12.2 Å². The summed E-state index contributed by atoms with van der Waals surface area (Å²) in [6.07, 6.45) is 6.68. The predicted molar refractivity (Wildman–Crippen MR) is 82.8 cm³/mol. The van der Waals surface area contributed by atoms with Gasteiger partial charge in [-0.3, -0.25) is 4.79 Å². The fourth-order valence-electron chi connectivity index (χ4n) is 1.57. The van der Waals surface area contributed by atoms with Crippen molar-refractivity contribution in [2.24, 2.45) is 4.99 Å². The van der Waals surface area contributed by atoms with E-state index in [0.29, 0.717) is 6.04 Å². The lowest BCUT2D eigenvalue weighted by atomic mass is 10.3. The Labute approximate surface area is 120 Å². The first kappa shape index (κ1) is 16.1. The van der Waals surface area contributed by atoms with Gasteiger partial charge in [-0.2, -0.15) is 11.8 Å². The molecule has 1 rings (SSSR count). The maximum atomic E-state index is 11.5. The van der Waals surface area contributed by atoms with E-state index in [4.69, 9.17) is 0 Å². The summed E-state index contributed by atoms with van der Waals surface area (Å²) in [7, 11) is 0. The van der Waals surface area contributed by atoms with Gasteiger partial charge in [0.15, 0.2) is 5.96 Å². The number of rotatable bonds is 9. The quantitative estimate of drug-likeness (QED) is 0.336. The van der Waals surface area contributed by atoms with Gasteiger partial charge in [0, 0.05) is 19.1 Å². The van der Waals surface area contributed by atoms with Crippen LogP contribution in [0.5, 0.6) is 0 Å². The molecule has 1 aliphatic rings. The summed E-state index contributed by atoms with van der Waals surface area (Å²) in [6.45, 7) is 3.93. The number of guanidine groups is 1. The molecule has 0 heterocycles.